The summed E-state index contributed by atoms with van der Waals surface area (Å²) >= 11 is 5.96. The monoisotopic (exact) mass is 313 g/mol. The fraction of sp³-hybridized carbons (Fsp3) is 0.500. The van der Waals surface area contributed by atoms with Crippen molar-refractivity contribution in [3.05, 3.63) is 38.9 Å². The van der Waals surface area contributed by atoms with Gasteiger partial charge >= 0.3 is 0 Å². The second-order valence-corrected chi connectivity index (χ2v) is 5.75. The normalized spacial score (nSPS) is 12.3. The van der Waals surface area contributed by atoms with Crippen molar-refractivity contribution < 1.29 is 9.72 Å². The van der Waals surface area contributed by atoms with Gasteiger partial charge in [0.25, 0.3) is 11.6 Å². The van der Waals surface area contributed by atoms with Crippen LogP contribution in [0.15, 0.2) is 18.2 Å². The Balaban J connectivity index is 2.83. The molecule has 7 heteroatoms. The zero-order valence-electron chi connectivity index (χ0n) is 12.4. The number of amides is 1. The van der Waals surface area contributed by atoms with E-state index in [-0.39, 0.29) is 28.2 Å². The van der Waals surface area contributed by atoms with E-state index in [1.807, 2.05) is 13.8 Å². The lowest BCUT2D eigenvalue weighted by Gasteiger charge is -2.22. The fourth-order valence-corrected chi connectivity index (χ4v) is 1.97. The Morgan fingerprint density at radius 2 is 2.10 bits per heavy atom. The fourth-order valence-electron chi connectivity index (χ4n) is 1.77. The van der Waals surface area contributed by atoms with Crippen LogP contribution in [0.3, 0.4) is 0 Å². The number of carbonyl (C=O) groups excluding carboxylic acids is 1. The molecule has 0 saturated heterocycles. The molecule has 6 nitrogen and oxygen atoms in total. The second-order valence-electron chi connectivity index (χ2n) is 5.34. The first-order valence-corrected chi connectivity index (χ1v) is 7.06. The summed E-state index contributed by atoms with van der Waals surface area (Å²) in [5.41, 5.74) is 5.92. The predicted molar refractivity (Wildman–Crippen MR) is 82.5 cm³/mol. The van der Waals surface area contributed by atoms with Crippen molar-refractivity contribution in [1.82, 2.24) is 4.90 Å². The number of hydrogen-bond acceptors (Lipinski definition) is 4. The summed E-state index contributed by atoms with van der Waals surface area (Å²) in [7, 11) is 1.63. The Bertz CT molecular complexity index is 534. The zero-order chi connectivity index (χ0) is 16.2. The Kier molecular flexibility index (Phi) is 6.11. The molecule has 2 N–H and O–H groups in total. The van der Waals surface area contributed by atoms with Crippen molar-refractivity contribution in [3.8, 4) is 0 Å². The highest BCUT2D eigenvalue weighted by Crippen LogP contribution is 2.23. The second kappa shape index (κ2) is 7.38. The van der Waals surface area contributed by atoms with Crippen molar-refractivity contribution in [2.45, 2.75) is 26.3 Å². The molecule has 0 radical (unpaired) electrons. The van der Waals surface area contributed by atoms with Gasteiger partial charge < -0.3 is 10.6 Å². The quantitative estimate of drug-likeness (QED) is 0.646. The van der Waals surface area contributed by atoms with E-state index >= 15 is 0 Å². The van der Waals surface area contributed by atoms with Crippen LogP contribution in [0, 0.1) is 16.0 Å². The van der Waals surface area contributed by atoms with Crippen LogP contribution < -0.4 is 5.73 Å². The van der Waals surface area contributed by atoms with Gasteiger partial charge in [-0.05, 0) is 18.4 Å². The van der Waals surface area contributed by atoms with E-state index in [1.54, 1.807) is 7.05 Å². The number of nitro groups is 1. The number of nitrogens with zero attached hydrogens (tertiary/aromatic N) is 2. The van der Waals surface area contributed by atoms with Gasteiger partial charge in [-0.2, -0.15) is 0 Å². The maximum Gasteiger partial charge on any atom is 0.270 e. The highest BCUT2D eigenvalue weighted by Gasteiger charge is 2.19. The molecule has 1 aromatic rings. The van der Waals surface area contributed by atoms with Crippen molar-refractivity contribution in [1.29, 1.82) is 0 Å². The molecule has 1 unspecified atom stereocenters. The van der Waals surface area contributed by atoms with Gasteiger partial charge in [0.2, 0.25) is 0 Å². The average Bonchev–Trinajstić information content (AvgIpc) is 2.43. The molecule has 0 saturated carbocycles. The molecule has 1 rings (SSSR count). The first kappa shape index (κ1) is 17.4. The SMILES string of the molecule is CC(C)C(N)CCN(C)C(=O)c1cc([N+](=O)[O-])ccc1Cl. The Hall–Kier alpha value is -1.66. The van der Waals surface area contributed by atoms with Crippen molar-refractivity contribution in [3.63, 3.8) is 0 Å². The number of non-ortho nitro benzene ring substituents is 1. The van der Waals surface area contributed by atoms with E-state index in [2.05, 4.69) is 0 Å². The van der Waals surface area contributed by atoms with Gasteiger partial charge in [0.1, 0.15) is 0 Å². The molecule has 1 atom stereocenters. The van der Waals surface area contributed by atoms with Crippen molar-refractivity contribution in [2.75, 3.05) is 13.6 Å². The molecular weight excluding hydrogens is 294 g/mol. The lowest BCUT2D eigenvalue weighted by molar-refractivity contribution is -0.384. The minimum Gasteiger partial charge on any atom is -0.342 e. The highest BCUT2D eigenvalue weighted by atomic mass is 35.5. The van der Waals surface area contributed by atoms with Gasteiger partial charge in [0, 0.05) is 31.8 Å². The van der Waals surface area contributed by atoms with Crippen LogP contribution in [0.25, 0.3) is 0 Å². The molecule has 116 valence electrons. The molecule has 0 aromatic heterocycles. The van der Waals surface area contributed by atoms with Crippen LogP contribution in [0.2, 0.25) is 5.02 Å². The summed E-state index contributed by atoms with van der Waals surface area (Å²) in [6.45, 7) is 4.50. The summed E-state index contributed by atoms with van der Waals surface area (Å²) < 4.78 is 0. The molecular formula is C14H20ClN3O3. The number of hydrogen-bond donors (Lipinski definition) is 1. The lowest BCUT2D eigenvalue weighted by Crippen LogP contribution is -2.34. The van der Waals surface area contributed by atoms with E-state index in [1.165, 1.54) is 23.1 Å². The van der Waals surface area contributed by atoms with Crippen LogP contribution >= 0.6 is 11.6 Å². The van der Waals surface area contributed by atoms with Crippen LogP contribution in [0.5, 0.6) is 0 Å². The molecule has 1 amide bonds. The smallest absolute Gasteiger partial charge is 0.270 e. The van der Waals surface area contributed by atoms with Crippen LogP contribution in [-0.2, 0) is 0 Å². The van der Waals surface area contributed by atoms with E-state index in [0.717, 1.165) is 0 Å². The molecule has 0 spiro atoms. The summed E-state index contributed by atoms with van der Waals surface area (Å²) in [5, 5.41) is 11.0. The Labute approximate surface area is 129 Å². The molecule has 1 aromatic carbocycles. The number of nitro benzene ring substituents is 1. The number of carbonyl (C=O) groups is 1. The van der Waals surface area contributed by atoms with E-state index in [4.69, 9.17) is 17.3 Å². The third kappa shape index (κ3) is 4.68. The standard InChI is InChI=1S/C14H20ClN3O3/c1-9(2)13(16)6-7-17(3)14(19)11-8-10(18(20)21)4-5-12(11)15/h4-5,8-9,13H,6-7,16H2,1-3H3. The number of rotatable bonds is 6. The van der Waals surface area contributed by atoms with E-state index in [0.29, 0.717) is 18.9 Å². The molecule has 0 fully saturated rings. The summed E-state index contributed by atoms with van der Waals surface area (Å²) in [6.07, 6.45) is 0.659. The first-order valence-electron chi connectivity index (χ1n) is 6.69. The lowest BCUT2D eigenvalue weighted by atomic mass is 10.0. The number of halogens is 1. The molecule has 0 bridgehead atoms. The van der Waals surface area contributed by atoms with Crippen LogP contribution in [0.1, 0.15) is 30.6 Å². The summed E-state index contributed by atoms with van der Waals surface area (Å²) in [6, 6.07) is 3.83. The zero-order valence-corrected chi connectivity index (χ0v) is 13.1. The maximum absolute atomic E-state index is 12.3. The van der Waals surface area contributed by atoms with Gasteiger partial charge in [0.05, 0.1) is 15.5 Å². The molecule has 0 aliphatic rings. The average molecular weight is 314 g/mol. The predicted octanol–water partition coefficient (Wildman–Crippen LogP) is 2.69. The summed E-state index contributed by atoms with van der Waals surface area (Å²) in [5.74, 6) is -0.0189. The molecule has 0 heterocycles. The van der Waals surface area contributed by atoms with Gasteiger partial charge in [-0.3, -0.25) is 14.9 Å². The third-order valence-electron chi connectivity index (χ3n) is 3.39. The summed E-state index contributed by atoms with van der Waals surface area (Å²) in [4.78, 5) is 24.0. The number of nitrogens with two attached hydrogens (primary N) is 1. The largest absolute Gasteiger partial charge is 0.342 e. The van der Waals surface area contributed by atoms with Crippen LogP contribution in [0.4, 0.5) is 5.69 Å². The van der Waals surface area contributed by atoms with Gasteiger partial charge in [0.15, 0.2) is 0 Å². The molecule has 21 heavy (non-hydrogen) atoms. The van der Waals surface area contributed by atoms with Gasteiger partial charge in [-0.1, -0.05) is 25.4 Å². The van der Waals surface area contributed by atoms with Gasteiger partial charge in [-0.15, -0.1) is 0 Å². The minimum atomic E-state index is -0.554. The minimum absolute atomic E-state index is 0.000770. The maximum atomic E-state index is 12.3. The highest BCUT2D eigenvalue weighted by molar-refractivity contribution is 6.33. The van der Waals surface area contributed by atoms with Gasteiger partial charge in [-0.25, -0.2) is 0 Å². The van der Waals surface area contributed by atoms with Crippen molar-refractivity contribution in [2.24, 2.45) is 11.7 Å². The topological polar surface area (TPSA) is 89.5 Å². The molecule has 0 aliphatic heterocycles. The number of benzene rings is 1. The van der Waals surface area contributed by atoms with E-state index in [9.17, 15) is 14.9 Å². The molecule has 0 aliphatic carbocycles. The Morgan fingerprint density at radius 3 is 2.62 bits per heavy atom. The van der Waals surface area contributed by atoms with Crippen molar-refractivity contribution >= 4 is 23.2 Å². The third-order valence-corrected chi connectivity index (χ3v) is 3.72. The van der Waals surface area contributed by atoms with Crippen LogP contribution in [-0.4, -0.2) is 35.4 Å². The van der Waals surface area contributed by atoms with E-state index < -0.39 is 4.92 Å². The Morgan fingerprint density at radius 1 is 1.48 bits per heavy atom. The first-order chi connectivity index (χ1) is 9.73.